The quantitative estimate of drug-likeness (QED) is 0.724. The maximum absolute atomic E-state index is 5.76. The van der Waals surface area contributed by atoms with Gasteiger partial charge in [-0.1, -0.05) is 0 Å². The first-order valence-electron chi connectivity index (χ1n) is 5.78. The average molecular weight is 230 g/mol. The molecular formula is C12H19LiN2O2. The first kappa shape index (κ1) is 14.3. The van der Waals surface area contributed by atoms with E-state index in [1.54, 1.807) is 6.20 Å². The summed E-state index contributed by atoms with van der Waals surface area (Å²) in [5, 5.41) is 0. The number of rotatable bonds is 2. The van der Waals surface area contributed by atoms with Gasteiger partial charge < -0.3 is 0 Å². The van der Waals surface area contributed by atoms with Crippen LogP contribution < -0.4 is 13.7 Å². The van der Waals surface area contributed by atoms with Gasteiger partial charge in [0.2, 0.25) is 0 Å². The molecule has 1 heterocycles. The Morgan fingerprint density at radius 2 is 1.53 bits per heavy atom. The fourth-order valence-electron chi connectivity index (χ4n) is 1.13. The summed E-state index contributed by atoms with van der Waals surface area (Å²) in [5.41, 5.74) is -0.591. The minimum absolute atomic E-state index is 0.280. The van der Waals surface area contributed by atoms with E-state index in [0.29, 0.717) is 11.9 Å². The van der Waals surface area contributed by atoms with Crippen LogP contribution in [0.15, 0.2) is 6.20 Å². The summed E-state index contributed by atoms with van der Waals surface area (Å²) in [7, 11) is 0. The van der Waals surface area contributed by atoms with E-state index in [1.807, 2.05) is 59.3 Å². The van der Waals surface area contributed by atoms with Gasteiger partial charge in [-0.25, -0.2) is 0 Å². The molecule has 1 rings (SSSR count). The number of nitrogens with zero attached hydrogens (tertiary/aromatic N) is 2. The monoisotopic (exact) mass is 230 g/mol. The molecule has 0 amide bonds. The fourth-order valence-corrected chi connectivity index (χ4v) is 1.13. The molecule has 5 heteroatoms. The summed E-state index contributed by atoms with van der Waals surface area (Å²) in [6.45, 7) is 11.8. The summed E-state index contributed by atoms with van der Waals surface area (Å²) in [5.74, 6) is 0.576. The predicted molar refractivity (Wildman–Crippen MR) is 68.2 cm³/mol. The zero-order valence-corrected chi connectivity index (χ0v) is 11.8. The van der Waals surface area contributed by atoms with E-state index in [2.05, 4.69) is 9.97 Å². The van der Waals surface area contributed by atoms with Gasteiger partial charge in [-0.15, -0.1) is 0 Å². The molecule has 90 valence electrons. The van der Waals surface area contributed by atoms with Gasteiger partial charge in [0.25, 0.3) is 0 Å². The Kier molecular flexibility index (Phi) is 4.11. The van der Waals surface area contributed by atoms with E-state index >= 15 is 0 Å². The van der Waals surface area contributed by atoms with Crippen molar-refractivity contribution in [3.8, 4) is 11.9 Å². The molecule has 1 aromatic heterocycles. The maximum atomic E-state index is 5.76. The topological polar surface area (TPSA) is 44.2 Å². The molecule has 4 nitrogen and oxygen atoms in total. The van der Waals surface area contributed by atoms with E-state index < -0.39 is 0 Å². The van der Waals surface area contributed by atoms with Gasteiger partial charge in [0.1, 0.15) is 0 Å². The van der Waals surface area contributed by atoms with Crippen LogP contribution in [-0.2, 0) is 0 Å². The zero-order chi connectivity index (χ0) is 13.3. The van der Waals surface area contributed by atoms with Crippen LogP contribution in [0.25, 0.3) is 0 Å². The van der Waals surface area contributed by atoms with Crippen molar-refractivity contribution in [3.63, 3.8) is 0 Å². The van der Waals surface area contributed by atoms with Crippen LogP contribution >= 0.6 is 0 Å². The van der Waals surface area contributed by atoms with E-state index in [9.17, 15) is 0 Å². The Hall–Kier alpha value is -0.723. The van der Waals surface area contributed by atoms with E-state index in [-0.39, 0.29) is 11.2 Å². The van der Waals surface area contributed by atoms with Gasteiger partial charge in [-0.2, -0.15) is 0 Å². The SMILES string of the molecule is [Li][c]1cnc(OC(C)(C)C)nc1OC(C)(C)C. The molecule has 0 aliphatic heterocycles. The van der Waals surface area contributed by atoms with Crippen molar-refractivity contribution < 1.29 is 9.47 Å². The number of aromatic nitrogens is 2. The van der Waals surface area contributed by atoms with Gasteiger partial charge in [-0.3, -0.25) is 0 Å². The van der Waals surface area contributed by atoms with Crippen LogP contribution in [0.1, 0.15) is 41.5 Å². The first-order chi connectivity index (χ1) is 7.57. The molecule has 0 saturated carbocycles. The molecule has 0 atom stereocenters. The zero-order valence-electron chi connectivity index (χ0n) is 11.8. The third-order valence-corrected chi connectivity index (χ3v) is 1.70. The Morgan fingerprint density at radius 3 is 2.00 bits per heavy atom. The van der Waals surface area contributed by atoms with E-state index in [1.165, 1.54) is 0 Å². The molecule has 0 radical (unpaired) electrons. The van der Waals surface area contributed by atoms with Crippen LogP contribution in [0.4, 0.5) is 0 Å². The molecule has 0 unspecified atom stereocenters. The molecule has 0 spiro atoms. The van der Waals surface area contributed by atoms with Gasteiger partial charge in [0.05, 0.1) is 0 Å². The van der Waals surface area contributed by atoms with E-state index in [4.69, 9.17) is 9.47 Å². The summed E-state index contributed by atoms with van der Waals surface area (Å²) < 4.78 is 12.3. The first-order valence-corrected chi connectivity index (χ1v) is 5.78. The third-order valence-electron chi connectivity index (χ3n) is 1.70. The van der Waals surface area contributed by atoms with Crippen molar-refractivity contribution in [3.05, 3.63) is 6.20 Å². The Balaban J connectivity index is 2.95. The molecule has 0 fully saturated rings. The molecule has 0 N–H and O–H groups in total. The Labute approximate surface area is 112 Å². The Morgan fingerprint density at radius 1 is 1.00 bits per heavy atom. The summed E-state index contributed by atoms with van der Waals surface area (Å²) >= 11 is 1.92. The van der Waals surface area contributed by atoms with Crippen molar-refractivity contribution in [2.45, 2.75) is 52.7 Å². The Bertz CT molecular complexity index is 394. The molecule has 0 aromatic carbocycles. The van der Waals surface area contributed by atoms with Crippen LogP contribution in [0, 0.1) is 0 Å². The third kappa shape index (κ3) is 5.43. The van der Waals surface area contributed by atoms with Crippen LogP contribution in [0.3, 0.4) is 0 Å². The molecule has 0 saturated heterocycles. The van der Waals surface area contributed by atoms with Crippen molar-refractivity contribution in [2.24, 2.45) is 0 Å². The number of hydrogen-bond donors (Lipinski definition) is 0. The number of hydrogen-bond acceptors (Lipinski definition) is 4. The second-order valence-electron chi connectivity index (χ2n) is 6.07. The second-order valence-corrected chi connectivity index (χ2v) is 6.07. The molecule has 17 heavy (non-hydrogen) atoms. The van der Waals surface area contributed by atoms with Crippen LogP contribution in [-0.4, -0.2) is 38.9 Å². The van der Waals surface area contributed by atoms with Gasteiger partial charge in [-0.05, 0) is 0 Å². The van der Waals surface area contributed by atoms with Crippen molar-refractivity contribution in [2.75, 3.05) is 0 Å². The van der Waals surface area contributed by atoms with Crippen LogP contribution in [0.5, 0.6) is 11.9 Å². The number of ether oxygens (including phenoxy) is 2. The van der Waals surface area contributed by atoms with Gasteiger partial charge >= 0.3 is 112 Å². The van der Waals surface area contributed by atoms with Gasteiger partial charge in [0, 0.05) is 0 Å². The van der Waals surface area contributed by atoms with Crippen LogP contribution in [0.2, 0.25) is 0 Å². The van der Waals surface area contributed by atoms with Crippen molar-refractivity contribution in [1.29, 1.82) is 0 Å². The van der Waals surface area contributed by atoms with E-state index in [0.717, 1.165) is 4.24 Å². The van der Waals surface area contributed by atoms with Crippen molar-refractivity contribution >= 4 is 22.0 Å². The molecule has 0 aliphatic carbocycles. The second kappa shape index (κ2) is 4.87. The van der Waals surface area contributed by atoms with Gasteiger partial charge in [0.15, 0.2) is 0 Å². The molecule has 0 bridgehead atoms. The normalized spacial score (nSPS) is 12.5. The molecular weight excluding hydrogens is 211 g/mol. The minimum atomic E-state index is -0.311. The summed E-state index contributed by atoms with van der Waals surface area (Å²) in [6, 6.07) is 0.349. The standard InChI is InChI=1S/C12H19N2O2.Li/c1-11(2,3)15-9-7-8-13-10(14-9)16-12(4,5)6;/h8H,1-6H3;. The fraction of sp³-hybridized carbons (Fsp3) is 0.667. The summed E-state index contributed by atoms with van der Waals surface area (Å²) in [4.78, 5) is 8.43. The predicted octanol–water partition coefficient (Wildman–Crippen LogP) is 1.62. The summed E-state index contributed by atoms with van der Waals surface area (Å²) in [6.07, 6.45) is 1.72. The average Bonchev–Trinajstić information content (AvgIpc) is 2.05. The van der Waals surface area contributed by atoms with Crippen molar-refractivity contribution in [1.82, 2.24) is 9.97 Å². The molecule has 0 aliphatic rings. The molecule has 1 aromatic rings.